The van der Waals surface area contributed by atoms with Crippen molar-refractivity contribution in [3.63, 3.8) is 0 Å². The Balaban J connectivity index is -0.000000125. The van der Waals surface area contributed by atoms with E-state index >= 15 is 0 Å². The molecule has 0 aliphatic heterocycles. The second-order valence-corrected chi connectivity index (χ2v) is 2.04. The van der Waals surface area contributed by atoms with Gasteiger partial charge in [-0.1, -0.05) is 6.58 Å². The van der Waals surface area contributed by atoms with Gasteiger partial charge in [0.05, 0.1) is 5.41 Å². The Morgan fingerprint density at radius 2 is 1.62 bits per heavy atom. The molecule has 0 spiro atoms. The third-order valence-corrected chi connectivity index (χ3v) is 0.632. The summed E-state index contributed by atoms with van der Waals surface area (Å²) in [5.74, 6) is 0. The van der Waals surface area contributed by atoms with Crippen LogP contribution in [0.25, 0.3) is 0 Å². The van der Waals surface area contributed by atoms with Gasteiger partial charge >= 0.3 is 37.7 Å². The fourth-order valence-electron chi connectivity index (χ4n) is 0. The van der Waals surface area contributed by atoms with Crippen LogP contribution >= 0.6 is 0 Å². The molecule has 3 N–H and O–H groups in total. The van der Waals surface area contributed by atoms with E-state index in [-0.39, 0.29) is 43.2 Å². The van der Waals surface area contributed by atoms with Crippen molar-refractivity contribution in [2.24, 2.45) is 0 Å². The quantitative estimate of drug-likeness (QED) is 0.373. The van der Waals surface area contributed by atoms with Crippen molar-refractivity contribution in [3.8, 4) is 0 Å². The Hall–Kier alpha value is 0.870. The van der Waals surface area contributed by atoms with E-state index < -0.39 is 10.1 Å². The van der Waals surface area contributed by atoms with Gasteiger partial charge in [-0.25, -0.2) is 0 Å². The summed E-state index contributed by atoms with van der Waals surface area (Å²) in [5.41, 5.74) is 0. The van der Waals surface area contributed by atoms with Crippen LogP contribution in [0.1, 0.15) is 0 Å². The zero-order valence-corrected chi connectivity index (χ0v) is 4.27. The summed E-state index contributed by atoms with van der Waals surface area (Å²) in [7, 11) is -3.90. The molecule has 0 fully saturated rings. The van der Waals surface area contributed by atoms with Gasteiger partial charge in [0, 0.05) is 0 Å². The van der Waals surface area contributed by atoms with Gasteiger partial charge in [-0.05, 0) is 0 Å². The molecule has 0 amide bonds. The minimum atomic E-state index is -3.90. The van der Waals surface area contributed by atoms with Crippen molar-refractivity contribution in [1.29, 1.82) is 0 Å². The Morgan fingerprint density at radius 1 is 1.50 bits per heavy atom. The first-order valence-electron chi connectivity index (χ1n) is 1.16. The zero-order chi connectivity index (χ0) is 5.21. The van der Waals surface area contributed by atoms with Crippen LogP contribution in [-0.4, -0.2) is 56.2 Å². The van der Waals surface area contributed by atoms with Crippen LogP contribution < -0.4 is 0 Å². The Labute approximate surface area is 77.6 Å². The van der Waals surface area contributed by atoms with Gasteiger partial charge < -0.3 is 5.48 Å². The van der Waals surface area contributed by atoms with E-state index in [0.29, 0.717) is 5.41 Å². The van der Waals surface area contributed by atoms with Crippen LogP contribution in [0.2, 0.25) is 0 Å². The SMILES string of the molecule is C=CS(=O)(=O)O.O.[CaH2]. The maximum absolute atomic E-state index is 9.44. The first-order valence-corrected chi connectivity index (χ1v) is 2.66. The van der Waals surface area contributed by atoms with Crippen LogP contribution in [0.3, 0.4) is 0 Å². The molecule has 0 unspecified atom stereocenters. The topological polar surface area (TPSA) is 85.9 Å². The molecule has 0 aromatic rings. The number of hydrogen-bond donors (Lipinski definition) is 1. The molecule has 6 heteroatoms. The summed E-state index contributed by atoms with van der Waals surface area (Å²) in [6.45, 7) is 2.79. The van der Waals surface area contributed by atoms with E-state index in [9.17, 15) is 8.42 Å². The van der Waals surface area contributed by atoms with Crippen molar-refractivity contribution in [3.05, 3.63) is 12.0 Å². The first kappa shape index (κ1) is 15.9. The van der Waals surface area contributed by atoms with Gasteiger partial charge in [0.1, 0.15) is 0 Å². The van der Waals surface area contributed by atoms with Gasteiger partial charge in [0.15, 0.2) is 0 Å². The zero-order valence-electron chi connectivity index (χ0n) is 3.46. The average Bonchev–Trinajstić information content (AvgIpc) is 1.35. The molecular formula is C2H8CaO4S. The fourth-order valence-corrected chi connectivity index (χ4v) is 0. The third-order valence-electron chi connectivity index (χ3n) is 0.211. The van der Waals surface area contributed by atoms with Crippen molar-refractivity contribution >= 4 is 47.9 Å². The van der Waals surface area contributed by atoms with Crippen LogP contribution in [0.5, 0.6) is 0 Å². The van der Waals surface area contributed by atoms with Crippen LogP contribution in [0.4, 0.5) is 0 Å². The van der Waals surface area contributed by atoms with Crippen molar-refractivity contribution < 1.29 is 18.4 Å². The van der Waals surface area contributed by atoms with Crippen molar-refractivity contribution in [2.45, 2.75) is 0 Å². The van der Waals surface area contributed by atoms with Gasteiger partial charge in [0.2, 0.25) is 0 Å². The van der Waals surface area contributed by atoms with E-state index in [1.807, 2.05) is 0 Å². The molecule has 0 radical (unpaired) electrons. The van der Waals surface area contributed by atoms with E-state index in [4.69, 9.17) is 4.55 Å². The van der Waals surface area contributed by atoms with E-state index in [2.05, 4.69) is 6.58 Å². The molecule has 0 aliphatic carbocycles. The molecule has 8 heavy (non-hydrogen) atoms. The number of rotatable bonds is 1. The predicted molar refractivity (Wildman–Crippen MR) is 33.9 cm³/mol. The molecular weight excluding hydrogens is 160 g/mol. The third kappa shape index (κ3) is 15.8. The molecule has 0 atom stereocenters. The monoisotopic (exact) mass is 168 g/mol. The summed E-state index contributed by atoms with van der Waals surface area (Å²) in [5, 5.41) is 0.465. The van der Waals surface area contributed by atoms with Crippen molar-refractivity contribution in [2.75, 3.05) is 0 Å². The molecule has 0 bridgehead atoms. The van der Waals surface area contributed by atoms with E-state index in [1.54, 1.807) is 0 Å². The molecule has 4 nitrogen and oxygen atoms in total. The van der Waals surface area contributed by atoms with E-state index in [1.165, 1.54) is 0 Å². The first-order chi connectivity index (χ1) is 2.56. The second kappa shape index (κ2) is 6.00. The Kier molecular flexibility index (Phi) is 12.0. The Morgan fingerprint density at radius 3 is 1.62 bits per heavy atom. The molecule has 0 aromatic heterocycles. The molecule has 0 saturated heterocycles. The molecule has 0 aromatic carbocycles. The summed E-state index contributed by atoms with van der Waals surface area (Å²) in [6, 6.07) is 0. The number of hydrogen-bond acceptors (Lipinski definition) is 2. The normalized spacial score (nSPS) is 8.12. The van der Waals surface area contributed by atoms with Crippen molar-refractivity contribution in [1.82, 2.24) is 0 Å². The standard InChI is InChI=1S/C2H4O3S.Ca.H2O.2H/c1-2-6(3,4)5;;;;/h2H,1H2,(H,3,4,5);;1H2;;. The van der Waals surface area contributed by atoms with Crippen LogP contribution in [-0.2, 0) is 10.1 Å². The predicted octanol–water partition coefficient (Wildman–Crippen LogP) is -1.72. The van der Waals surface area contributed by atoms with E-state index in [0.717, 1.165) is 0 Å². The van der Waals surface area contributed by atoms with Gasteiger partial charge in [0.25, 0.3) is 10.1 Å². The van der Waals surface area contributed by atoms with Crippen LogP contribution in [0, 0.1) is 0 Å². The summed E-state index contributed by atoms with van der Waals surface area (Å²) in [6.07, 6.45) is 0. The van der Waals surface area contributed by atoms with Gasteiger partial charge in [-0.15, -0.1) is 0 Å². The van der Waals surface area contributed by atoms with Crippen LogP contribution in [0.15, 0.2) is 12.0 Å². The maximum atomic E-state index is 9.44. The van der Waals surface area contributed by atoms with Gasteiger partial charge in [-0.2, -0.15) is 8.42 Å². The molecule has 48 valence electrons. The average molecular weight is 168 g/mol. The fraction of sp³-hybridized carbons (Fsp3) is 0. The molecule has 0 heterocycles. The summed E-state index contributed by atoms with van der Waals surface area (Å²) < 4.78 is 26.6. The Bertz CT molecular complexity index is 125. The summed E-state index contributed by atoms with van der Waals surface area (Å²) in [4.78, 5) is 0. The molecule has 0 aliphatic rings. The second-order valence-electron chi connectivity index (χ2n) is 0.682. The van der Waals surface area contributed by atoms with Gasteiger partial charge in [-0.3, -0.25) is 4.55 Å². The summed E-state index contributed by atoms with van der Waals surface area (Å²) >= 11 is 0. The minimum absolute atomic E-state index is 0. The molecule has 0 saturated carbocycles. The molecule has 0 rings (SSSR count).